The van der Waals surface area contributed by atoms with Gasteiger partial charge in [0.1, 0.15) is 10.8 Å². The number of carbonyl (C=O) groups is 1. The van der Waals surface area contributed by atoms with Crippen LogP contribution in [0.3, 0.4) is 0 Å². The van der Waals surface area contributed by atoms with Crippen LogP contribution in [-0.4, -0.2) is 20.6 Å². The summed E-state index contributed by atoms with van der Waals surface area (Å²) in [5, 5.41) is 16.2. The van der Waals surface area contributed by atoms with E-state index in [0.717, 1.165) is 11.5 Å². The van der Waals surface area contributed by atoms with Gasteiger partial charge in [-0.1, -0.05) is 4.49 Å². The molecule has 0 aliphatic heterocycles. The molecule has 5 nitrogen and oxygen atoms in total. The number of phenols is 1. The van der Waals surface area contributed by atoms with Crippen LogP contribution in [0.15, 0.2) is 24.4 Å². The zero-order chi connectivity index (χ0) is 11.5. The number of hydrogen-bond donors (Lipinski definition) is 2. The molecule has 1 aromatic heterocycles. The molecular weight excluding hydrogens is 226 g/mol. The minimum Gasteiger partial charge on any atom is -0.508 e. The Kier molecular flexibility index (Phi) is 2.82. The molecule has 0 atom stereocenters. The van der Waals surface area contributed by atoms with Gasteiger partial charge in [0.25, 0.3) is 5.91 Å². The summed E-state index contributed by atoms with van der Waals surface area (Å²) in [6.45, 7) is 1.74. The summed E-state index contributed by atoms with van der Waals surface area (Å²) in [6, 6.07) is 4.68. The second-order valence-corrected chi connectivity index (χ2v) is 4.02. The number of aromatic hydroxyl groups is 1. The second kappa shape index (κ2) is 4.28. The van der Waals surface area contributed by atoms with Crippen LogP contribution in [0.1, 0.15) is 15.9 Å². The fourth-order valence-electron chi connectivity index (χ4n) is 1.20. The highest BCUT2D eigenvalue weighted by Gasteiger charge is 2.08. The zero-order valence-corrected chi connectivity index (χ0v) is 9.28. The number of benzene rings is 1. The number of rotatable bonds is 2. The van der Waals surface area contributed by atoms with Gasteiger partial charge in [-0.3, -0.25) is 4.79 Å². The van der Waals surface area contributed by atoms with Crippen molar-refractivity contribution in [3.05, 3.63) is 35.5 Å². The largest absolute Gasteiger partial charge is 0.508 e. The number of hydrogen-bond acceptors (Lipinski definition) is 5. The van der Waals surface area contributed by atoms with Crippen molar-refractivity contribution < 1.29 is 9.90 Å². The van der Waals surface area contributed by atoms with Gasteiger partial charge < -0.3 is 10.4 Å². The van der Waals surface area contributed by atoms with E-state index >= 15 is 0 Å². The highest BCUT2D eigenvalue weighted by Crippen LogP contribution is 2.18. The van der Waals surface area contributed by atoms with E-state index in [1.165, 1.54) is 12.3 Å². The lowest BCUT2D eigenvalue weighted by Crippen LogP contribution is -2.10. The van der Waals surface area contributed by atoms with Crippen molar-refractivity contribution in [2.24, 2.45) is 0 Å². The molecule has 1 heterocycles. The molecule has 0 aliphatic rings. The Hall–Kier alpha value is -1.95. The highest BCUT2D eigenvalue weighted by atomic mass is 32.1. The topological polar surface area (TPSA) is 75.1 Å². The lowest BCUT2D eigenvalue weighted by Gasteiger charge is -2.03. The van der Waals surface area contributed by atoms with Crippen molar-refractivity contribution >= 4 is 22.4 Å². The first-order chi connectivity index (χ1) is 7.66. The minimum atomic E-state index is -0.242. The molecule has 1 aromatic carbocycles. The quantitative estimate of drug-likeness (QED) is 0.832. The highest BCUT2D eigenvalue weighted by molar-refractivity contribution is 7.10. The number of anilines is 1. The molecule has 1 amide bonds. The summed E-state index contributed by atoms with van der Waals surface area (Å²) in [5.74, 6) is -0.0647. The normalized spacial score (nSPS) is 10.1. The maximum Gasteiger partial charge on any atom is 0.256 e. The van der Waals surface area contributed by atoms with Gasteiger partial charge in [-0.2, -0.15) is 0 Å². The maximum atomic E-state index is 11.7. The van der Waals surface area contributed by atoms with Crippen LogP contribution >= 0.6 is 11.5 Å². The predicted octanol–water partition coefficient (Wildman–Crippen LogP) is 1.80. The average molecular weight is 235 g/mol. The second-order valence-electron chi connectivity index (χ2n) is 3.24. The van der Waals surface area contributed by atoms with Crippen LogP contribution in [0, 0.1) is 6.92 Å². The number of amides is 1. The van der Waals surface area contributed by atoms with Gasteiger partial charge in [-0.25, -0.2) is 0 Å². The van der Waals surface area contributed by atoms with Crippen LogP contribution in [0.5, 0.6) is 5.75 Å². The molecule has 2 rings (SSSR count). The van der Waals surface area contributed by atoms with Crippen molar-refractivity contribution in [1.82, 2.24) is 9.59 Å². The molecule has 0 spiro atoms. The molecule has 0 unspecified atom stereocenters. The van der Waals surface area contributed by atoms with E-state index < -0.39 is 0 Å². The van der Waals surface area contributed by atoms with E-state index in [-0.39, 0.29) is 11.7 Å². The molecule has 0 fully saturated rings. The molecule has 0 bridgehead atoms. The zero-order valence-electron chi connectivity index (χ0n) is 8.47. The van der Waals surface area contributed by atoms with Crippen LogP contribution in [-0.2, 0) is 0 Å². The first-order valence-corrected chi connectivity index (χ1v) is 5.32. The standard InChI is InChI=1S/C10H9N3O2S/c1-6-4-7(2-3-8(6)14)10(15)12-9-5-11-13-16-9/h2-5,14H,1H3,(H,12,15). The van der Waals surface area contributed by atoms with Gasteiger partial charge >= 0.3 is 0 Å². The molecule has 2 aromatic rings. The van der Waals surface area contributed by atoms with Crippen LogP contribution in [0.25, 0.3) is 0 Å². The van der Waals surface area contributed by atoms with Gasteiger partial charge in [0.05, 0.1) is 6.20 Å². The monoisotopic (exact) mass is 235 g/mol. The molecule has 6 heteroatoms. The Morgan fingerprint density at radius 2 is 2.31 bits per heavy atom. The number of carbonyl (C=O) groups excluding carboxylic acids is 1. The van der Waals surface area contributed by atoms with Crippen molar-refractivity contribution in [3.63, 3.8) is 0 Å². The van der Waals surface area contributed by atoms with Gasteiger partial charge in [-0.15, -0.1) is 5.10 Å². The molecule has 82 valence electrons. The Balaban J connectivity index is 2.18. The molecule has 0 saturated heterocycles. The van der Waals surface area contributed by atoms with Crippen molar-refractivity contribution in [3.8, 4) is 5.75 Å². The Labute approximate surface area is 95.9 Å². The number of aryl methyl sites for hydroxylation is 1. The SMILES string of the molecule is Cc1cc(C(=O)Nc2cnns2)ccc1O. The average Bonchev–Trinajstić information content (AvgIpc) is 2.74. The Morgan fingerprint density at radius 3 is 2.94 bits per heavy atom. The van der Waals surface area contributed by atoms with Crippen LogP contribution in [0.4, 0.5) is 5.00 Å². The third kappa shape index (κ3) is 2.17. The van der Waals surface area contributed by atoms with Gasteiger partial charge in [0.2, 0.25) is 0 Å². The van der Waals surface area contributed by atoms with Gasteiger partial charge in [0, 0.05) is 17.1 Å². The lowest BCUT2D eigenvalue weighted by atomic mass is 10.1. The van der Waals surface area contributed by atoms with E-state index in [4.69, 9.17) is 0 Å². The fourth-order valence-corrected chi connectivity index (χ4v) is 1.62. The van der Waals surface area contributed by atoms with Crippen molar-refractivity contribution in [2.75, 3.05) is 5.32 Å². The number of aromatic nitrogens is 2. The van der Waals surface area contributed by atoms with E-state index in [0.29, 0.717) is 16.1 Å². The smallest absolute Gasteiger partial charge is 0.256 e. The molecule has 0 saturated carbocycles. The lowest BCUT2D eigenvalue weighted by molar-refractivity contribution is 0.102. The molecule has 0 radical (unpaired) electrons. The summed E-state index contributed by atoms with van der Waals surface area (Å²) >= 11 is 1.11. The summed E-state index contributed by atoms with van der Waals surface area (Å²) in [5.41, 5.74) is 1.15. The maximum absolute atomic E-state index is 11.7. The first kappa shape index (κ1) is 10.6. The van der Waals surface area contributed by atoms with E-state index in [2.05, 4.69) is 14.9 Å². The van der Waals surface area contributed by atoms with E-state index in [1.54, 1.807) is 19.1 Å². The minimum absolute atomic E-state index is 0.177. The summed E-state index contributed by atoms with van der Waals surface area (Å²) < 4.78 is 3.64. The van der Waals surface area contributed by atoms with Gasteiger partial charge in [0.15, 0.2) is 0 Å². The fraction of sp³-hybridized carbons (Fsp3) is 0.100. The Bertz CT molecular complexity index is 511. The first-order valence-electron chi connectivity index (χ1n) is 4.55. The summed E-state index contributed by atoms with van der Waals surface area (Å²) in [7, 11) is 0. The van der Waals surface area contributed by atoms with Crippen LogP contribution in [0.2, 0.25) is 0 Å². The van der Waals surface area contributed by atoms with E-state index in [1.807, 2.05) is 0 Å². The van der Waals surface area contributed by atoms with Crippen molar-refractivity contribution in [1.29, 1.82) is 0 Å². The van der Waals surface area contributed by atoms with E-state index in [9.17, 15) is 9.90 Å². The Morgan fingerprint density at radius 1 is 1.50 bits per heavy atom. The van der Waals surface area contributed by atoms with Crippen molar-refractivity contribution in [2.45, 2.75) is 6.92 Å². The number of nitrogens with one attached hydrogen (secondary N) is 1. The number of nitrogens with zero attached hydrogens (tertiary/aromatic N) is 2. The summed E-state index contributed by atoms with van der Waals surface area (Å²) in [6.07, 6.45) is 1.48. The van der Waals surface area contributed by atoms with Gasteiger partial charge in [-0.05, 0) is 30.7 Å². The molecule has 16 heavy (non-hydrogen) atoms. The number of phenolic OH excluding ortho intramolecular Hbond substituents is 1. The molecular formula is C10H9N3O2S. The molecule has 0 aliphatic carbocycles. The molecule has 2 N–H and O–H groups in total. The van der Waals surface area contributed by atoms with Crippen LogP contribution < -0.4 is 5.32 Å². The predicted molar refractivity (Wildman–Crippen MR) is 60.7 cm³/mol. The third-order valence-corrected chi connectivity index (χ3v) is 2.64. The third-order valence-electron chi connectivity index (χ3n) is 2.06. The summed E-state index contributed by atoms with van der Waals surface area (Å²) in [4.78, 5) is 11.7.